The lowest BCUT2D eigenvalue weighted by atomic mass is 9.90. The van der Waals surface area contributed by atoms with E-state index >= 15 is 0 Å². The molecule has 0 atom stereocenters. The van der Waals surface area contributed by atoms with E-state index in [2.05, 4.69) is 0 Å². The van der Waals surface area contributed by atoms with Crippen LogP contribution in [0, 0.1) is 0 Å². The molecule has 0 heterocycles. The van der Waals surface area contributed by atoms with Crippen molar-refractivity contribution in [2.45, 2.75) is 0 Å². The van der Waals surface area contributed by atoms with Gasteiger partial charge in [0, 0.05) is 0 Å². The molecular formula is C8H11BO4. The molecule has 2 aliphatic rings. The third kappa shape index (κ3) is 1.61. The molecule has 0 aromatic heterocycles. The predicted octanol–water partition coefficient (Wildman–Crippen LogP) is -0.0783. The first-order valence-electron chi connectivity index (χ1n) is 3.76. The number of ether oxygens (including phenoxy) is 2. The van der Waals surface area contributed by atoms with E-state index in [-0.39, 0.29) is 0 Å². The molecule has 0 spiro atoms. The fourth-order valence-corrected chi connectivity index (χ4v) is 1.19. The highest BCUT2D eigenvalue weighted by molar-refractivity contribution is 6.13. The van der Waals surface area contributed by atoms with Crippen LogP contribution in [0.1, 0.15) is 0 Å². The van der Waals surface area contributed by atoms with Crippen LogP contribution >= 0.6 is 0 Å². The molecular weight excluding hydrogens is 171 g/mol. The number of rotatable bonds is 2. The molecule has 0 saturated carbocycles. The largest absolute Gasteiger partial charge is 0.496 e. The Morgan fingerprint density at radius 3 is 1.69 bits per heavy atom. The van der Waals surface area contributed by atoms with Gasteiger partial charge in [-0.15, -0.1) is 0 Å². The zero-order valence-corrected chi connectivity index (χ0v) is 7.57. The third-order valence-electron chi connectivity index (χ3n) is 1.79. The van der Waals surface area contributed by atoms with Crippen LogP contribution in [0.4, 0.5) is 0 Å². The standard InChI is InChI=1S/C8H8O2.BH3O2/c1-9-6-3-5-4-7(10-2)8(5)6;2-1-3/h3-4H,1-2H3;1-3H. The Balaban J connectivity index is 0.000000251. The van der Waals surface area contributed by atoms with E-state index in [9.17, 15) is 0 Å². The maximum Gasteiger partial charge on any atom is 0.432 e. The maximum atomic E-state index is 7.12. The van der Waals surface area contributed by atoms with Crippen LogP contribution in [-0.2, 0) is 0 Å². The monoisotopic (exact) mass is 182 g/mol. The second kappa shape index (κ2) is 4.16. The lowest BCUT2D eigenvalue weighted by Crippen LogP contribution is -2.01. The predicted molar refractivity (Wildman–Crippen MR) is 50.1 cm³/mol. The maximum absolute atomic E-state index is 7.12. The topological polar surface area (TPSA) is 58.9 Å². The summed E-state index contributed by atoms with van der Waals surface area (Å²) >= 11 is 0. The molecule has 0 amide bonds. The molecule has 0 unspecified atom stereocenters. The van der Waals surface area contributed by atoms with Gasteiger partial charge in [0.2, 0.25) is 0 Å². The molecule has 0 saturated heterocycles. The van der Waals surface area contributed by atoms with Crippen molar-refractivity contribution in [2.75, 3.05) is 14.2 Å². The zero-order chi connectivity index (χ0) is 9.84. The molecule has 5 heteroatoms. The minimum atomic E-state index is -0.750. The average molecular weight is 182 g/mol. The van der Waals surface area contributed by atoms with Gasteiger partial charge in [-0.3, -0.25) is 0 Å². The Morgan fingerprint density at radius 2 is 1.46 bits per heavy atom. The van der Waals surface area contributed by atoms with Gasteiger partial charge in [0.05, 0.1) is 19.8 Å². The molecule has 0 aromatic carbocycles. The van der Waals surface area contributed by atoms with Gasteiger partial charge in [0.25, 0.3) is 0 Å². The van der Waals surface area contributed by atoms with Crippen molar-refractivity contribution in [1.82, 2.24) is 0 Å². The van der Waals surface area contributed by atoms with E-state index in [1.807, 2.05) is 12.1 Å². The number of hydrogen-bond donors (Lipinski definition) is 2. The van der Waals surface area contributed by atoms with Crippen LogP contribution in [0.2, 0.25) is 0 Å². The summed E-state index contributed by atoms with van der Waals surface area (Å²) in [6.07, 6.45) is 0. The van der Waals surface area contributed by atoms with Gasteiger partial charge in [-0.25, -0.2) is 0 Å². The van der Waals surface area contributed by atoms with E-state index in [1.165, 1.54) is 5.56 Å². The number of benzene rings is 1. The second-order valence-corrected chi connectivity index (χ2v) is 2.40. The first-order valence-corrected chi connectivity index (χ1v) is 3.76. The van der Waals surface area contributed by atoms with Crippen LogP contribution in [0.15, 0.2) is 12.1 Å². The highest BCUT2D eigenvalue weighted by Gasteiger charge is 2.24. The molecule has 2 aliphatic carbocycles. The van der Waals surface area contributed by atoms with Crippen molar-refractivity contribution in [1.29, 1.82) is 0 Å². The van der Waals surface area contributed by atoms with E-state index < -0.39 is 7.69 Å². The number of methoxy groups -OCH3 is 2. The van der Waals surface area contributed by atoms with Gasteiger partial charge in [-0.1, -0.05) is 0 Å². The summed E-state index contributed by atoms with van der Waals surface area (Å²) in [5.74, 6) is 1.88. The van der Waals surface area contributed by atoms with Gasteiger partial charge in [0.1, 0.15) is 11.5 Å². The highest BCUT2D eigenvalue weighted by atomic mass is 16.5. The molecule has 0 aliphatic heterocycles. The molecule has 0 radical (unpaired) electrons. The smallest absolute Gasteiger partial charge is 0.432 e. The molecule has 0 fully saturated rings. The van der Waals surface area contributed by atoms with Crippen LogP contribution in [-0.4, -0.2) is 32.0 Å². The Bertz CT molecular complexity index is 275. The molecule has 70 valence electrons. The second-order valence-electron chi connectivity index (χ2n) is 2.40. The van der Waals surface area contributed by atoms with E-state index in [0.29, 0.717) is 0 Å². The van der Waals surface area contributed by atoms with Gasteiger partial charge in [-0.2, -0.15) is 0 Å². The van der Waals surface area contributed by atoms with Crippen molar-refractivity contribution in [3.05, 3.63) is 12.1 Å². The summed E-state index contributed by atoms with van der Waals surface area (Å²) in [5.41, 5.74) is 2.39. The molecule has 2 rings (SSSR count). The SMILES string of the molecule is COc1cc2cc(OC)c1-2.OBO. The summed E-state index contributed by atoms with van der Waals surface area (Å²) < 4.78 is 10.1. The Kier molecular flexibility index (Phi) is 3.16. The summed E-state index contributed by atoms with van der Waals surface area (Å²) in [6.45, 7) is 0. The average Bonchev–Trinajstić information content (AvgIpc) is 2.09. The van der Waals surface area contributed by atoms with Crippen molar-refractivity contribution in [3.63, 3.8) is 0 Å². The van der Waals surface area contributed by atoms with Crippen molar-refractivity contribution < 1.29 is 19.5 Å². The first-order chi connectivity index (χ1) is 6.28. The molecule has 0 bridgehead atoms. The van der Waals surface area contributed by atoms with Gasteiger partial charge in [0.15, 0.2) is 0 Å². The fraction of sp³-hybridized carbons (Fsp3) is 0.250. The van der Waals surface area contributed by atoms with Gasteiger partial charge < -0.3 is 19.5 Å². The summed E-state index contributed by atoms with van der Waals surface area (Å²) in [5, 5.41) is 14.2. The van der Waals surface area contributed by atoms with Crippen LogP contribution < -0.4 is 9.47 Å². The summed E-state index contributed by atoms with van der Waals surface area (Å²) in [4.78, 5) is 0. The molecule has 2 N–H and O–H groups in total. The van der Waals surface area contributed by atoms with Crippen molar-refractivity contribution in [2.24, 2.45) is 0 Å². The van der Waals surface area contributed by atoms with Crippen LogP contribution in [0.5, 0.6) is 11.5 Å². The van der Waals surface area contributed by atoms with Crippen molar-refractivity contribution in [3.8, 4) is 22.6 Å². The molecule has 4 nitrogen and oxygen atoms in total. The first kappa shape index (κ1) is 9.89. The Labute approximate surface area is 77.0 Å². The lowest BCUT2D eigenvalue weighted by Gasteiger charge is -2.23. The zero-order valence-electron chi connectivity index (χ0n) is 7.57. The summed E-state index contributed by atoms with van der Waals surface area (Å²) in [6, 6.07) is 4.00. The minimum Gasteiger partial charge on any atom is -0.496 e. The third-order valence-corrected chi connectivity index (χ3v) is 1.79. The van der Waals surface area contributed by atoms with Crippen molar-refractivity contribution >= 4 is 7.69 Å². The van der Waals surface area contributed by atoms with E-state index in [4.69, 9.17) is 19.5 Å². The normalized spacial score (nSPS) is 9.54. The highest BCUT2D eigenvalue weighted by Crippen LogP contribution is 2.51. The fourth-order valence-electron chi connectivity index (χ4n) is 1.19. The quantitative estimate of drug-likeness (QED) is 0.637. The Morgan fingerprint density at radius 1 is 1.08 bits per heavy atom. The lowest BCUT2D eigenvalue weighted by molar-refractivity contribution is 0.390. The van der Waals surface area contributed by atoms with Crippen LogP contribution in [0.3, 0.4) is 0 Å². The Hall–Kier alpha value is -1.20. The van der Waals surface area contributed by atoms with Gasteiger partial charge in [-0.05, 0) is 17.7 Å². The minimum absolute atomic E-state index is 0.750. The van der Waals surface area contributed by atoms with E-state index in [1.54, 1.807) is 14.2 Å². The number of hydrogen-bond acceptors (Lipinski definition) is 4. The molecule has 13 heavy (non-hydrogen) atoms. The van der Waals surface area contributed by atoms with Gasteiger partial charge >= 0.3 is 7.69 Å². The van der Waals surface area contributed by atoms with Crippen LogP contribution in [0.25, 0.3) is 11.1 Å². The molecule has 0 aromatic rings. The summed E-state index contributed by atoms with van der Waals surface area (Å²) in [7, 11) is 2.59. The van der Waals surface area contributed by atoms with E-state index in [0.717, 1.165) is 17.1 Å². The number of fused-ring (bicyclic) bond motifs is 1.